The number of hydrogen-bond acceptors (Lipinski definition) is 1. The summed E-state index contributed by atoms with van der Waals surface area (Å²) in [5, 5.41) is 0. The lowest BCUT2D eigenvalue weighted by atomic mass is 9.80. The fraction of sp³-hybridized carbons (Fsp3) is 1.00. The van der Waals surface area contributed by atoms with E-state index in [-0.39, 0.29) is 0 Å². The van der Waals surface area contributed by atoms with Crippen LogP contribution in [-0.4, -0.2) is 13.2 Å². The third kappa shape index (κ3) is 1.52. The van der Waals surface area contributed by atoms with Gasteiger partial charge < -0.3 is 4.74 Å². The van der Waals surface area contributed by atoms with Gasteiger partial charge in [-0.3, -0.25) is 0 Å². The highest BCUT2D eigenvalue weighted by Gasteiger charge is 2.36. The molecule has 0 heterocycles. The predicted molar refractivity (Wildman–Crippen MR) is 50.0 cm³/mol. The summed E-state index contributed by atoms with van der Waals surface area (Å²) in [6.45, 7) is 2.40. The molecule has 1 nitrogen and oxygen atoms in total. The molecule has 2 fully saturated rings. The minimum Gasteiger partial charge on any atom is -0.381 e. The third-order valence-corrected chi connectivity index (χ3v) is 3.84. The lowest BCUT2D eigenvalue weighted by Crippen LogP contribution is -2.25. The van der Waals surface area contributed by atoms with Crippen molar-refractivity contribution in [2.75, 3.05) is 7.11 Å². The molecule has 0 amide bonds. The van der Waals surface area contributed by atoms with Gasteiger partial charge in [-0.1, -0.05) is 6.92 Å². The molecule has 0 saturated heterocycles. The van der Waals surface area contributed by atoms with E-state index in [1.54, 1.807) is 0 Å². The normalized spacial score (nSPS) is 47.5. The molecule has 2 aliphatic rings. The highest BCUT2D eigenvalue weighted by Crippen LogP contribution is 2.45. The fourth-order valence-corrected chi connectivity index (χ4v) is 3.23. The van der Waals surface area contributed by atoms with E-state index in [4.69, 9.17) is 4.74 Å². The molecule has 0 aromatic heterocycles. The maximum Gasteiger partial charge on any atom is 0.0574 e. The Morgan fingerprint density at radius 1 is 1.00 bits per heavy atom. The maximum atomic E-state index is 5.43. The molecule has 0 aromatic carbocycles. The summed E-state index contributed by atoms with van der Waals surface area (Å²) >= 11 is 0. The van der Waals surface area contributed by atoms with Crippen molar-refractivity contribution in [1.29, 1.82) is 0 Å². The van der Waals surface area contributed by atoms with Crippen LogP contribution in [0, 0.1) is 17.8 Å². The molecule has 2 saturated carbocycles. The Hall–Kier alpha value is -0.0400. The Labute approximate surface area is 75.5 Å². The first kappa shape index (κ1) is 8.55. The van der Waals surface area contributed by atoms with Crippen LogP contribution in [-0.2, 0) is 4.74 Å². The van der Waals surface area contributed by atoms with Crippen LogP contribution in [0.2, 0.25) is 0 Å². The molecule has 0 aliphatic heterocycles. The Balaban J connectivity index is 1.93. The summed E-state index contributed by atoms with van der Waals surface area (Å²) < 4.78 is 5.43. The van der Waals surface area contributed by atoms with Crippen molar-refractivity contribution < 1.29 is 4.74 Å². The number of methoxy groups -OCH3 is 1. The molecule has 4 unspecified atom stereocenters. The Bertz CT molecular complexity index is 155. The van der Waals surface area contributed by atoms with Gasteiger partial charge in [-0.05, 0) is 49.9 Å². The van der Waals surface area contributed by atoms with Crippen molar-refractivity contribution in [2.24, 2.45) is 17.8 Å². The number of fused-ring (bicyclic) bond motifs is 1. The summed E-state index contributed by atoms with van der Waals surface area (Å²) in [6.07, 6.45) is 7.60. The molecule has 1 heteroatoms. The van der Waals surface area contributed by atoms with Gasteiger partial charge in [0.2, 0.25) is 0 Å². The second-order valence-electron chi connectivity index (χ2n) is 4.77. The lowest BCUT2D eigenvalue weighted by molar-refractivity contribution is 0.0367. The largest absolute Gasteiger partial charge is 0.381 e. The monoisotopic (exact) mass is 168 g/mol. The smallest absolute Gasteiger partial charge is 0.0574 e. The molecular weight excluding hydrogens is 148 g/mol. The third-order valence-electron chi connectivity index (χ3n) is 3.84. The molecule has 0 aromatic rings. The Morgan fingerprint density at radius 2 is 1.75 bits per heavy atom. The van der Waals surface area contributed by atoms with E-state index in [9.17, 15) is 0 Å². The van der Waals surface area contributed by atoms with E-state index in [0.29, 0.717) is 6.10 Å². The average molecular weight is 168 g/mol. The van der Waals surface area contributed by atoms with Gasteiger partial charge in [0.05, 0.1) is 6.10 Å². The lowest BCUT2D eigenvalue weighted by Gasteiger charge is -2.30. The van der Waals surface area contributed by atoms with Crippen LogP contribution in [0.3, 0.4) is 0 Å². The van der Waals surface area contributed by atoms with Crippen LogP contribution >= 0.6 is 0 Å². The molecule has 0 bridgehead atoms. The van der Waals surface area contributed by atoms with Gasteiger partial charge in [-0.25, -0.2) is 0 Å². The molecule has 70 valence electrons. The van der Waals surface area contributed by atoms with Crippen molar-refractivity contribution >= 4 is 0 Å². The van der Waals surface area contributed by atoms with Crippen molar-refractivity contribution in [3.05, 3.63) is 0 Å². The van der Waals surface area contributed by atoms with Crippen LogP contribution < -0.4 is 0 Å². The highest BCUT2D eigenvalue weighted by molar-refractivity contribution is 4.87. The molecule has 2 rings (SSSR count). The van der Waals surface area contributed by atoms with Gasteiger partial charge in [0, 0.05) is 7.11 Å². The first-order valence-corrected chi connectivity index (χ1v) is 5.32. The van der Waals surface area contributed by atoms with Crippen molar-refractivity contribution in [3.63, 3.8) is 0 Å². The molecule has 12 heavy (non-hydrogen) atoms. The quantitative estimate of drug-likeness (QED) is 0.585. The van der Waals surface area contributed by atoms with Gasteiger partial charge in [-0.15, -0.1) is 0 Å². The second kappa shape index (κ2) is 3.37. The zero-order valence-electron chi connectivity index (χ0n) is 8.25. The number of rotatable bonds is 1. The van der Waals surface area contributed by atoms with Gasteiger partial charge in [0.25, 0.3) is 0 Å². The van der Waals surface area contributed by atoms with Crippen molar-refractivity contribution in [3.8, 4) is 0 Å². The van der Waals surface area contributed by atoms with E-state index >= 15 is 0 Å². The maximum absolute atomic E-state index is 5.43. The molecule has 0 radical (unpaired) electrons. The summed E-state index contributed by atoms with van der Waals surface area (Å²) in [4.78, 5) is 0. The molecule has 2 aliphatic carbocycles. The van der Waals surface area contributed by atoms with Crippen molar-refractivity contribution in [1.82, 2.24) is 0 Å². The summed E-state index contributed by atoms with van der Waals surface area (Å²) in [7, 11) is 1.86. The first-order chi connectivity index (χ1) is 5.79. The first-order valence-electron chi connectivity index (χ1n) is 5.32. The standard InChI is InChI=1S/C11H20O/c1-8-5-9-3-4-11(12-2)7-10(9)6-8/h8-11H,3-7H2,1-2H3. The molecule has 4 atom stereocenters. The topological polar surface area (TPSA) is 9.23 Å². The second-order valence-corrected chi connectivity index (χ2v) is 4.77. The van der Waals surface area contributed by atoms with Crippen LogP contribution in [0.4, 0.5) is 0 Å². The average Bonchev–Trinajstić information content (AvgIpc) is 2.43. The Morgan fingerprint density at radius 3 is 2.50 bits per heavy atom. The molecular formula is C11H20O. The van der Waals surface area contributed by atoms with Crippen molar-refractivity contribution in [2.45, 2.75) is 45.1 Å². The Kier molecular flexibility index (Phi) is 2.40. The van der Waals surface area contributed by atoms with E-state index in [2.05, 4.69) is 6.92 Å². The van der Waals surface area contributed by atoms with E-state index in [0.717, 1.165) is 17.8 Å². The predicted octanol–water partition coefficient (Wildman–Crippen LogP) is 2.85. The summed E-state index contributed by atoms with van der Waals surface area (Å²) in [5.41, 5.74) is 0. The van der Waals surface area contributed by atoms with Crippen LogP contribution in [0.5, 0.6) is 0 Å². The SMILES string of the molecule is COC1CCC2CC(C)CC2C1. The van der Waals surface area contributed by atoms with Gasteiger partial charge in [0.15, 0.2) is 0 Å². The fourth-order valence-electron chi connectivity index (χ4n) is 3.23. The van der Waals surface area contributed by atoms with E-state index in [1.165, 1.54) is 32.1 Å². The zero-order chi connectivity index (χ0) is 8.55. The van der Waals surface area contributed by atoms with Crippen LogP contribution in [0.1, 0.15) is 39.0 Å². The molecule has 0 N–H and O–H groups in total. The van der Waals surface area contributed by atoms with E-state index < -0.39 is 0 Å². The zero-order valence-corrected chi connectivity index (χ0v) is 8.25. The summed E-state index contributed by atoms with van der Waals surface area (Å²) in [5.74, 6) is 3.03. The van der Waals surface area contributed by atoms with Gasteiger partial charge >= 0.3 is 0 Å². The number of hydrogen-bond donors (Lipinski definition) is 0. The minimum atomic E-state index is 0.580. The molecule has 0 spiro atoms. The van der Waals surface area contributed by atoms with E-state index in [1.807, 2.05) is 7.11 Å². The van der Waals surface area contributed by atoms with Gasteiger partial charge in [-0.2, -0.15) is 0 Å². The minimum absolute atomic E-state index is 0.580. The van der Waals surface area contributed by atoms with Crippen LogP contribution in [0.15, 0.2) is 0 Å². The summed E-state index contributed by atoms with van der Waals surface area (Å²) in [6, 6.07) is 0. The highest BCUT2D eigenvalue weighted by atomic mass is 16.5. The number of ether oxygens (including phenoxy) is 1. The van der Waals surface area contributed by atoms with Crippen LogP contribution in [0.25, 0.3) is 0 Å². The van der Waals surface area contributed by atoms with Gasteiger partial charge in [0.1, 0.15) is 0 Å².